The van der Waals surface area contributed by atoms with Gasteiger partial charge in [-0.3, -0.25) is 0 Å². The first-order valence-electron chi connectivity index (χ1n) is 7.05. The summed E-state index contributed by atoms with van der Waals surface area (Å²) in [5.41, 5.74) is 4.29. The van der Waals surface area contributed by atoms with Crippen molar-refractivity contribution >= 4 is 17.5 Å². The molecule has 2 heteroatoms. The van der Waals surface area contributed by atoms with Gasteiger partial charge in [0.2, 0.25) is 0 Å². The lowest BCUT2D eigenvalue weighted by Crippen LogP contribution is -1.80. The first kappa shape index (κ1) is 14.2. The maximum absolute atomic E-state index is 4.26. The average Bonchev–Trinajstić information content (AvgIpc) is 2.49. The van der Waals surface area contributed by atoms with Crippen molar-refractivity contribution in [3.8, 4) is 0 Å². The van der Waals surface area contributed by atoms with Crippen molar-refractivity contribution in [2.75, 3.05) is 0 Å². The topological polar surface area (TPSA) is 24.7 Å². The average molecular weight is 264 g/mol. The first-order chi connectivity index (χ1) is 9.81. The van der Waals surface area contributed by atoms with Crippen LogP contribution in [0.25, 0.3) is 6.08 Å². The maximum atomic E-state index is 4.26. The van der Waals surface area contributed by atoms with Crippen molar-refractivity contribution in [1.82, 2.24) is 0 Å². The van der Waals surface area contributed by atoms with Crippen LogP contribution in [-0.2, 0) is 6.42 Å². The van der Waals surface area contributed by atoms with Crippen LogP contribution in [0.5, 0.6) is 0 Å². The first-order valence-corrected chi connectivity index (χ1v) is 7.05. The monoisotopic (exact) mass is 264 g/mol. The standard InChI is InChI=1S/C18H20N2/c1-3-5-15-7-11-17(12-8-15)19-20-18-13-9-16(6-4-2)10-14-18/h3,5,7-14H,4,6H2,1-2H3/b5-3+,20-19+. The Morgan fingerprint density at radius 3 is 1.90 bits per heavy atom. The zero-order chi connectivity index (χ0) is 14.2. The lowest BCUT2D eigenvalue weighted by atomic mass is 10.1. The number of nitrogens with zero attached hydrogens (tertiary/aromatic N) is 2. The summed E-state index contributed by atoms with van der Waals surface area (Å²) in [4.78, 5) is 0. The molecule has 0 aromatic heterocycles. The van der Waals surface area contributed by atoms with E-state index in [-0.39, 0.29) is 0 Å². The van der Waals surface area contributed by atoms with Gasteiger partial charge in [-0.2, -0.15) is 10.2 Å². The van der Waals surface area contributed by atoms with Crippen LogP contribution in [0.1, 0.15) is 31.4 Å². The summed E-state index contributed by atoms with van der Waals surface area (Å²) < 4.78 is 0. The Balaban J connectivity index is 2.04. The van der Waals surface area contributed by atoms with E-state index in [0.717, 1.165) is 17.8 Å². The number of aryl methyl sites for hydroxylation is 1. The Morgan fingerprint density at radius 1 is 0.850 bits per heavy atom. The van der Waals surface area contributed by atoms with E-state index in [1.165, 1.54) is 17.5 Å². The highest BCUT2D eigenvalue weighted by Crippen LogP contribution is 2.19. The van der Waals surface area contributed by atoms with E-state index in [2.05, 4.69) is 35.4 Å². The molecule has 0 N–H and O–H groups in total. The maximum Gasteiger partial charge on any atom is 0.0857 e. The van der Waals surface area contributed by atoms with Gasteiger partial charge in [-0.25, -0.2) is 0 Å². The number of rotatable bonds is 5. The van der Waals surface area contributed by atoms with Crippen molar-refractivity contribution in [3.05, 3.63) is 65.7 Å². The molecule has 20 heavy (non-hydrogen) atoms. The Hall–Kier alpha value is -2.22. The third-order valence-corrected chi connectivity index (χ3v) is 3.01. The van der Waals surface area contributed by atoms with Crippen molar-refractivity contribution in [1.29, 1.82) is 0 Å². The SMILES string of the molecule is C/C=C/c1ccc(/N=N/c2ccc(CCC)cc2)cc1. The van der Waals surface area contributed by atoms with Gasteiger partial charge in [0.25, 0.3) is 0 Å². The molecule has 2 rings (SSSR count). The molecular weight excluding hydrogens is 244 g/mol. The molecule has 2 aromatic carbocycles. The molecule has 0 saturated carbocycles. The van der Waals surface area contributed by atoms with Gasteiger partial charge >= 0.3 is 0 Å². The van der Waals surface area contributed by atoms with Crippen molar-refractivity contribution in [3.63, 3.8) is 0 Å². The molecule has 0 amide bonds. The summed E-state index contributed by atoms with van der Waals surface area (Å²) in [6.45, 7) is 4.20. The highest BCUT2D eigenvalue weighted by molar-refractivity contribution is 5.52. The molecule has 0 radical (unpaired) electrons. The Morgan fingerprint density at radius 2 is 1.40 bits per heavy atom. The Bertz CT molecular complexity index is 578. The van der Waals surface area contributed by atoms with E-state index in [4.69, 9.17) is 0 Å². The summed E-state index contributed by atoms with van der Waals surface area (Å²) in [6, 6.07) is 16.3. The molecule has 2 aromatic rings. The van der Waals surface area contributed by atoms with Crippen LogP contribution in [0.2, 0.25) is 0 Å². The third-order valence-electron chi connectivity index (χ3n) is 3.01. The summed E-state index contributed by atoms with van der Waals surface area (Å²) in [7, 11) is 0. The van der Waals surface area contributed by atoms with Crippen LogP contribution >= 0.6 is 0 Å². The van der Waals surface area contributed by atoms with Crippen LogP contribution in [0.3, 0.4) is 0 Å². The fourth-order valence-electron chi connectivity index (χ4n) is 1.98. The van der Waals surface area contributed by atoms with Crippen molar-refractivity contribution in [2.24, 2.45) is 10.2 Å². The van der Waals surface area contributed by atoms with Gasteiger partial charge in [0.15, 0.2) is 0 Å². The molecule has 0 saturated heterocycles. The van der Waals surface area contributed by atoms with E-state index in [1.54, 1.807) is 0 Å². The quantitative estimate of drug-likeness (QED) is 0.584. The predicted molar refractivity (Wildman–Crippen MR) is 85.8 cm³/mol. The molecule has 0 fully saturated rings. The van der Waals surface area contributed by atoms with E-state index >= 15 is 0 Å². The van der Waals surface area contributed by atoms with Crippen molar-refractivity contribution in [2.45, 2.75) is 26.7 Å². The number of benzene rings is 2. The summed E-state index contributed by atoms with van der Waals surface area (Å²) in [6.07, 6.45) is 6.37. The third kappa shape index (κ3) is 4.16. The minimum atomic E-state index is 0.871. The van der Waals surface area contributed by atoms with Crippen LogP contribution < -0.4 is 0 Å². The predicted octanol–water partition coefficient (Wildman–Crippen LogP) is 6.09. The fourth-order valence-corrected chi connectivity index (χ4v) is 1.98. The van der Waals surface area contributed by atoms with Gasteiger partial charge in [0.05, 0.1) is 11.4 Å². The lowest BCUT2D eigenvalue weighted by Gasteiger charge is -1.98. The van der Waals surface area contributed by atoms with E-state index in [9.17, 15) is 0 Å². The fraction of sp³-hybridized carbons (Fsp3) is 0.222. The lowest BCUT2D eigenvalue weighted by molar-refractivity contribution is 0.922. The van der Waals surface area contributed by atoms with E-state index < -0.39 is 0 Å². The second-order valence-electron chi connectivity index (χ2n) is 4.71. The molecule has 0 heterocycles. The Kier molecular flexibility index (Phi) is 5.24. The Labute approximate surface area is 120 Å². The number of hydrogen-bond donors (Lipinski definition) is 0. The van der Waals surface area contributed by atoms with Gasteiger partial charge in [0.1, 0.15) is 0 Å². The molecule has 0 aliphatic carbocycles. The summed E-state index contributed by atoms with van der Waals surface area (Å²) in [5.74, 6) is 0. The number of azo groups is 1. The van der Waals surface area contributed by atoms with Gasteiger partial charge < -0.3 is 0 Å². The highest BCUT2D eigenvalue weighted by atomic mass is 15.1. The molecule has 0 bridgehead atoms. The second-order valence-corrected chi connectivity index (χ2v) is 4.71. The summed E-state index contributed by atoms with van der Waals surface area (Å²) in [5, 5.41) is 8.51. The largest absolute Gasteiger partial charge is 0.151 e. The van der Waals surface area contributed by atoms with Crippen LogP contribution in [0.4, 0.5) is 11.4 Å². The van der Waals surface area contributed by atoms with Crippen molar-refractivity contribution < 1.29 is 0 Å². The highest BCUT2D eigenvalue weighted by Gasteiger charge is 1.93. The molecule has 0 spiro atoms. The minimum absolute atomic E-state index is 0.871. The number of allylic oxidation sites excluding steroid dienone is 1. The van der Waals surface area contributed by atoms with Gasteiger partial charge in [-0.15, -0.1) is 0 Å². The van der Waals surface area contributed by atoms with Gasteiger partial charge in [-0.1, -0.05) is 49.8 Å². The normalized spacial score (nSPS) is 11.5. The zero-order valence-corrected chi connectivity index (χ0v) is 12.1. The molecule has 2 nitrogen and oxygen atoms in total. The molecule has 0 aliphatic heterocycles. The smallest absolute Gasteiger partial charge is 0.0857 e. The molecule has 0 atom stereocenters. The van der Waals surface area contributed by atoms with Crippen LogP contribution in [0, 0.1) is 0 Å². The molecule has 0 unspecified atom stereocenters. The minimum Gasteiger partial charge on any atom is -0.151 e. The molecular formula is C18H20N2. The van der Waals surface area contributed by atoms with E-state index in [0.29, 0.717) is 0 Å². The van der Waals surface area contributed by atoms with Gasteiger partial charge in [-0.05, 0) is 48.7 Å². The summed E-state index contributed by atoms with van der Waals surface area (Å²) >= 11 is 0. The number of hydrogen-bond acceptors (Lipinski definition) is 2. The molecule has 102 valence electrons. The van der Waals surface area contributed by atoms with Gasteiger partial charge in [0, 0.05) is 0 Å². The molecule has 0 aliphatic rings. The van der Waals surface area contributed by atoms with Crippen LogP contribution in [-0.4, -0.2) is 0 Å². The zero-order valence-electron chi connectivity index (χ0n) is 12.1. The van der Waals surface area contributed by atoms with E-state index in [1.807, 2.05) is 49.4 Å². The van der Waals surface area contributed by atoms with Crippen LogP contribution in [0.15, 0.2) is 64.8 Å². The second kappa shape index (κ2) is 7.39.